The molecule has 1 heterocycles. The molecule has 0 N–H and O–H groups in total. The number of esters is 4. The van der Waals surface area contributed by atoms with Gasteiger partial charge in [0.05, 0.1) is 6.61 Å². The molecule has 0 saturated carbocycles. The molecule has 31 heavy (non-hydrogen) atoms. The van der Waals surface area contributed by atoms with Gasteiger partial charge in [0, 0.05) is 27.7 Å². The Bertz CT molecular complexity index is 619. The van der Waals surface area contributed by atoms with Gasteiger partial charge in [-0.25, -0.2) is 0 Å². The zero-order valence-corrected chi connectivity index (χ0v) is 19.1. The van der Waals surface area contributed by atoms with Crippen LogP contribution in [0.4, 0.5) is 0 Å². The Labute approximate surface area is 182 Å². The van der Waals surface area contributed by atoms with E-state index in [4.69, 9.17) is 28.4 Å². The first-order chi connectivity index (χ1) is 14.5. The molecule has 0 aromatic heterocycles. The van der Waals surface area contributed by atoms with Crippen LogP contribution in [0.3, 0.4) is 0 Å². The number of carbonyl (C=O) groups excluding carboxylic acids is 4. The average molecular weight is 446 g/mol. The molecule has 6 unspecified atom stereocenters. The third-order valence-corrected chi connectivity index (χ3v) is 4.62. The van der Waals surface area contributed by atoms with E-state index >= 15 is 0 Å². The highest BCUT2D eigenvalue weighted by Crippen LogP contribution is 2.30. The van der Waals surface area contributed by atoms with Crippen LogP contribution >= 0.6 is 0 Å². The standard InChI is InChI=1S/C21H34O10/c1-7-8-12(2)9-10-26-21-20(30-16(6)25)19(29-15(5)24)18(28-14(4)23)17(31-21)11-27-13(3)22/h12,17-21H,7-11H2,1-6H3. The van der Waals surface area contributed by atoms with Crippen molar-refractivity contribution in [1.82, 2.24) is 0 Å². The largest absolute Gasteiger partial charge is 0.463 e. The van der Waals surface area contributed by atoms with Crippen LogP contribution in [0.15, 0.2) is 0 Å². The molecule has 1 aliphatic heterocycles. The van der Waals surface area contributed by atoms with Gasteiger partial charge in [-0.15, -0.1) is 0 Å². The van der Waals surface area contributed by atoms with E-state index in [1.54, 1.807) is 0 Å². The minimum atomic E-state index is -1.21. The van der Waals surface area contributed by atoms with E-state index in [9.17, 15) is 19.2 Å². The van der Waals surface area contributed by atoms with Gasteiger partial charge in [0.1, 0.15) is 12.7 Å². The summed E-state index contributed by atoms with van der Waals surface area (Å²) in [5.74, 6) is -2.16. The molecule has 1 aliphatic rings. The van der Waals surface area contributed by atoms with Gasteiger partial charge in [0.15, 0.2) is 24.6 Å². The summed E-state index contributed by atoms with van der Waals surface area (Å²) in [6.07, 6.45) is -2.87. The second-order valence-electron chi connectivity index (χ2n) is 7.62. The lowest BCUT2D eigenvalue weighted by molar-refractivity contribution is -0.308. The van der Waals surface area contributed by atoms with E-state index < -0.39 is 54.6 Å². The summed E-state index contributed by atoms with van der Waals surface area (Å²) < 4.78 is 32.7. The fraction of sp³-hybridized carbons (Fsp3) is 0.810. The van der Waals surface area contributed by atoms with Crippen LogP contribution in [0.5, 0.6) is 0 Å². The van der Waals surface area contributed by atoms with E-state index in [2.05, 4.69) is 13.8 Å². The smallest absolute Gasteiger partial charge is 0.303 e. The molecule has 0 radical (unpaired) electrons. The van der Waals surface area contributed by atoms with Crippen molar-refractivity contribution in [2.24, 2.45) is 5.92 Å². The maximum absolute atomic E-state index is 11.8. The quantitative estimate of drug-likeness (QED) is 0.343. The van der Waals surface area contributed by atoms with Crippen LogP contribution in [0, 0.1) is 5.92 Å². The summed E-state index contributed by atoms with van der Waals surface area (Å²) >= 11 is 0. The number of hydrogen-bond acceptors (Lipinski definition) is 10. The highest BCUT2D eigenvalue weighted by Gasteiger charge is 2.52. The average Bonchev–Trinajstić information content (AvgIpc) is 2.63. The van der Waals surface area contributed by atoms with E-state index in [0.29, 0.717) is 12.5 Å². The molecule has 0 aromatic rings. The molecular weight excluding hydrogens is 412 g/mol. The minimum Gasteiger partial charge on any atom is -0.463 e. The Hall–Kier alpha value is -2.20. The lowest BCUT2D eigenvalue weighted by atomic mass is 9.98. The summed E-state index contributed by atoms with van der Waals surface area (Å²) in [7, 11) is 0. The molecule has 0 aromatic carbocycles. The summed E-state index contributed by atoms with van der Waals surface area (Å²) in [5, 5.41) is 0. The van der Waals surface area contributed by atoms with Gasteiger partial charge >= 0.3 is 23.9 Å². The fourth-order valence-corrected chi connectivity index (χ4v) is 3.35. The second-order valence-corrected chi connectivity index (χ2v) is 7.62. The molecule has 1 rings (SSSR count). The van der Waals surface area contributed by atoms with Gasteiger partial charge < -0.3 is 28.4 Å². The summed E-state index contributed by atoms with van der Waals surface area (Å²) in [6, 6.07) is 0. The third-order valence-electron chi connectivity index (χ3n) is 4.62. The molecule has 0 amide bonds. The Morgan fingerprint density at radius 2 is 1.35 bits per heavy atom. The first-order valence-corrected chi connectivity index (χ1v) is 10.5. The summed E-state index contributed by atoms with van der Waals surface area (Å²) in [6.45, 7) is 8.98. The van der Waals surface area contributed by atoms with Crippen molar-refractivity contribution >= 4 is 23.9 Å². The molecule has 0 aliphatic carbocycles. The Balaban J connectivity index is 3.15. The van der Waals surface area contributed by atoms with Crippen molar-refractivity contribution in [3.8, 4) is 0 Å². The maximum atomic E-state index is 11.8. The van der Waals surface area contributed by atoms with Crippen LogP contribution in [0.1, 0.15) is 60.8 Å². The topological polar surface area (TPSA) is 124 Å². The van der Waals surface area contributed by atoms with Gasteiger partial charge in [-0.2, -0.15) is 0 Å². The normalized spacial score (nSPS) is 26.5. The van der Waals surface area contributed by atoms with Crippen molar-refractivity contribution < 1.29 is 47.6 Å². The van der Waals surface area contributed by atoms with E-state index in [0.717, 1.165) is 19.3 Å². The number of carbonyl (C=O) groups is 4. The van der Waals surface area contributed by atoms with E-state index in [1.165, 1.54) is 27.7 Å². The molecule has 1 fully saturated rings. The van der Waals surface area contributed by atoms with Crippen LogP contribution in [0.25, 0.3) is 0 Å². The molecule has 0 spiro atoms. The van der Waals surface area contributed by atoms with E-state index in [-0.39, 0.29) is 6.61 Å². The highest BCUT2D eigenvalue weighted by atomic mass is 16.7. The summed E-state index contributed by atoms with van der Waals surface area (Å²) in [4.78, 5) is 46.5. The first kappa shape index (κ1) is 26.8. The monoisotopic (exact) mass is 446 g/mol. The first-order valence-electron chi connectivity index (χ1n) is 10.5. The van der Waals surface area contributed by atoms with Gasteiger partial charge in [-0.05, 0) is 12.3 Å². The molecule has 1 saturated heterocycles. The predicted molar refractivity (Wildman–Crippen MR) is 107 cm³/mol. The van der Waals surface area contributed by atoms with Crippen LogP contribution < -0.4 is 0 Å². The lowest BCUT2D eigenvalue weighted by Crippen LogP contribution is -2.63. The third kappa shape index (κ3) is 9.65. The number of hydrogen-bond donors (Lipinski definition) is 0. The van der Waals surface area contributed by atoms with Crippen molar-refractivity contribution in [3.63, 3.8) is 0 Å². The van der Waals surface area contributed by atoms with Crippen LogP contribution in [0.2, 0.25) is 0 Å². The Kier molecular flexibility index (Phi) is 11.5. The molecule has 178 valence electrons. The number of ether oxygens (including phenoxy) is 6. The van der Waals surface area contributed by atoms with Gasteiger partial charge in [-0.1, -0.05) is 26.7 Å². The molecule has 0 bridgehead atoms. The summed E-state index contributed by atoms with van der Waals surface area (Å²) in [5.41, 5.74) is 0. The second kappa shape index (κ2) is 13.3. The SMILES string of the molecule is CCCC(C)CCOC1OC(COC(C)=O)C(OC(C)=O)C(OC(C)=O)C1OC(C)=O. The zero-order chi connectivity index (χ0) is 23.6. The molecule has 10 nitrogen and oxygen atoms in total. The Morgan fingerprint density at radius 1 is 0.806 bits per heavy atom. The van der Waals surface area contributed by atoms with Crippen molar-refractivity contribution in [2.45, 2.75) is 91.5 Å². The minimum absolute atomic E-state index is 0.274. The Morgan fingerprint density at radius 3 is 1.87 bits per heavy atom. The van der Waals surface area contributed by atoms with Crippen LogP contribution in [-0.2, 0) is 47.6 Å². The fourth-order valence-electron chi connectivity index (χ4n) is 3.35. The lowest BCUT2D eigenvalue weighted by Gasteiger charge is -2.44. The van der Waals surface area contributed by atoms with Crippen molar-refractivity contribution in [1.29, 1.82) is 0 Å². The van der Waals surface area contributed by atoms with Gasteiger partial charge in [0.2, 0.25) is 0 Å². The molecule has 10 heteroatoms. The molecule has 6 atom stereocenters. The van der Waals surface area contributed by atoms with Crippen molar-refractivity contribution in [2.75, 3.05) is 13.2 Å². The maximum Gasteiger partial charge on any atom is 0.303 e. The number of rotatable bonds is 11. The predicted octanol–water partition coefficient (Wildman–Crippen LogP) is 1.91. The molecular formula is C21H34O10. The highest BCUT2D eigenvalue weighted by molar-refractivity contribution is 5.68. The van der Waals surface area contributed by atoms with E-state index in [1.807, 2.05) is 0 Å². The van der Waals surface area contributed by atoms with Gasteiger partial charge in [-0.3, -0.25) is 19.2 Å². The van der Waals surface area contributed by atoms with Gasteiger partial charge in [0.25, 0.3) is 0 Å². The zero-order valence-electron chi connectivity index (χ0n) is 19.1. The van der Waals surface area contributed by atoms with Crippen molar-refractivity contribution in [3.05, 3.63) is 0 Å². The van der Waals surface area contributed by atoms with Crippen LogP contribution in [-0.4, -0.2) is 67.8 Å².